The fourth-order valence-corrected chi connectivity index (χ4v) is 1.97. The number of aryl methyl sites for hydroxylation is 3. The molecule has 94 valence electrons. The summed E-state index contributed by atoms with van der Waals surface area (Å²) in [7, 11) is 0. The van der Waals surface area contributed by atoms with Crippen LogP contribution in [0.15, 0.2) is 22.6 Å². The number of anilines is 1. The van der Waals surface area contributed by atoms with Crippen molar-refractivity contribution in [3.8, 4) is 0 Å². The van der Waals surface area contributed by atoms with Gasteiger partial charge < -0.3 is 9.73 Å². The first kappa shape index (κ1) is 12.6. The van der Waals surface area contributed by atoms with Crippen LogP contribution in [0.2, 0.25) is 5.22 Å². The van der Waals surface area contributed by atoms with Crippen molar-refractivity contribution in [1.82, 2.24) is 4.98 Å². The summed E-state index contributed by atoms with van der Waals surface area (Å²) in [5.74, 6) is -0.155. The molecule has 0 aliphatic carbocycles. The predicted octanol–water partition coefficient (Wildman–Crippen LogP) is 3.51. The van der Waals surface area contributed by atoms with Gasteiger partial charge in [0.25, 0.3) is 5.91 Å². The minimum atomic E-state index is -0.334. The second-order valence-electron chi connectivity index (χ2n) is 4.10. The van der Waals surface area contributed by atoms with Gasteiger partial charge in [0, 0.05) is 5.69 Å². The molecular formula is C13H13ClN2O2. The highest BCUT2D eigenvalue weighted by molar-refractivity contribution is 6.29. The molecule has 0 atom stereocenters. The Kier molecular flexibility index (Phi) is 3.39. The third-order valence-electron chi connectivity index (χ3n) is 2.56. The fraction of sp³-hybridized carbons (Fsp3) is 0.231. The molecule has 0 aromatic carbocycles. The Balaban J connectivity index is 2.27. The highest BCUT2D eigenvalue weighted by Crippen LogP contribution is 2.21. The summed E-state index contributed by atoms with van der Waals surface area (Å²) >= 11 is 5.63. The monoisotopic (exact) mass is 264 g/mol. The second kappa shape index (κ2) is 4.82. The van der Waals surface area contributed by atoms with E-state index in [-0.39, 0.29) is 16.9 Å². The quantitative estimate of drug-likeness (QED) is 0.903. The zero-order valence-corrected chi connectivity index (χ0v) is 11.1. The van der Waals surface area contributed by atoms with Crippen LogP contribution < -0.4 is 5.32 Å². The molecule has 0 radical (unpaired) electrons. The zero-order chi connectivity index (χ0) is 13.3. The largest absolute Gasteiger partial charge is 0.440 e. The average molecular weight is 265 g/mol. The summed E-state index contributed by atoms with van der Waals surface area (Å²) in [6.45, 7) is 5.69. The van der Waals surface area contributed by atoms with Crippen molar-refractivity contribution < 1.29 is 9.21 Å². The minimum absolute atomic E-state index is 0.180. The molecule has 4 nitrogen and oxygen atoms in total. The number of pyridine rings is 1. The van der Waals surface area contributed by atoms with Crippen molar-refractivity contribution in [2.24, 2.45) is 0 Å². The van der Waals surface area contributed by atoms with Gasteiger partial charge in [0.05, 0.1) is 11.4 Å². The van der Waals surface area contributed by atoms with Crippen LogP contribution in [-0.2, 0) is 0 Å². The van der Waals surface area contributed by atoms with Gasteiger partial charge in [-0.2, -0.15) is 0 Å². The summed E-state index contributed by atoms with van der Waals surface area (Å²) in [6, 6.07) is 4.98. The first-order valence-corrected chi connectivity index (χ1v) is 5.86. The number of aromatic nitrogens is 1. The molecule has 2 aromatic rings. The molecule has 18 heavy (non-hydrogen) atoms. The van der Waals surface area contributed by atoms with Gasteiger partial charge in [0.1, 0.15) is 0 Å². The van der Waals surface area contributed by atoms with Crippen LogP contribution in [0.1, 0.15) is 27.5 Å². The summed E-state index contributed by atoms with van der Waals surface area (Å²) in [5.41, 5.74) is 3.37. The van der Waals surface area contributed by atoms with Crippen LogP contribution in [0.4, 0.5) is 5.69 Å². The third kappa shape index (κ3) is 2.54. The van der Waals surface area contributed by atoms with E-state index in [4.69, 9.17) is 16.0 Å². The molecular weight excluding hydrogens is 252 g/mol. The average Bonchev–Trinajstić information content (AvgIpc) is 2.70. The molecule has 0 aliphatic rings. The number of rotatable bonds is 2. The molecule has 2 heterocycles. The number of carbonyl (C=O) groups excluding carboxylic acids is 1. The van der Waals surface area contributed by atoms with Gasteiger partial charge in [-0.3, -0.25) is 9.78 Å². The van der Waals surface area contributed by atoms with E-state index < -0.39 is 0 Å². The smallest absolute Gasteiger partial charge is 0.291 e. The highest BCUT2D eigenvalue weighted by atomic mass is 35.5. The van der Waals surface area contributed by atoms with Crippen LogP contribution in [0.3, 0.4) is 0 Å². The van der Waals surface area contributed by atoms with E-state index in [0.717, 1.165) is 17.0 Å². The molecule has 1 N–H and O–H groups in total. The Morgan fingerprint density at radius 2 is 2.06 bits per heavy atom. The van der Waals surface area contributed by atoms with Crippen LogP contribution in [0.25, 0.3) is 0 Å². The standard InChI is InChI=1S/C13H13ClN2O2/c1-7-6-8(2)15-9(3)12(7)16-13(17)10-4-5-11(14)18-10/h4-6H,1-3H3,(H,16,17). The van der Waals surface area contributed by atoms with E-state index >= 15 is 0 Å². The number of hydrogen-bond donors (Lipinski definition) is 1. The number of nitrogens with zero attached hydrogens (tertiary/aromatic N) is 1. The highest BCUT2D eigenvalue weighted by Gasteiger charge is 2.14. The van der Waals surface area contributed by atoms with E-state index in [9.17, 15) is 4.79 Å². The lowest BCUT2D eigenvalue weighted by Crippen LogP contribution is -2.13. The maximum Gasteiger partial charge on any atom is 0.291 e. The zero-order valence-electron chi connectivity index (χ0n) is 10.4. The normalized spacial score (nSPS) is 10.4. The summed E-state index contributed by atoms with van der Waals surface area (Å²) in [5, 5.41) is 2.97. The number of amides is 1. The van der Waals surface area contributed by atoms with Crippen molar-refractivity contribution in [2.75, 3.05) is 5.32 Å². The van der Waals surface area contributed by atoms with E-state index in [1.54, 1.807) is 0 Å². The van der Waals surface area contributed by atoms with Gasteiger partial charge in [-0.15, -0.1) is 0 Å². The molecule has 0 aliphatic heterocycles. The Labute approximate surface area is 110 Å². The van der Waals surface area contributed by atoms with E-state index in [1.165, 1.54) is 12.1 Å². The lowest BCUT2D eigenvalue weighted by atomic mass is 10.1. The van der Waals surface area contributed by atoms with Gasteiger partial charge in [0.15, 0.2) is 11.0 Å². The van der Waals surface area contributed by atoms with Crippen LogP contribution in [0.5, 0.6) is 0 Å². The second-order valence-corrected chi connectivity index (χ2v) is 4.47. The van der Waals surface area contributed by atoms with Crippen molar-refractivity contribution in [1.29, 1.82) is 0 Å². The number of carbonyl (C=O) groups is 1. The summed E-state index contributed by atoms with van der Waals surface area (Å²) in [6.07, 6.45) is 0. The van der Waals surface area contributed by atoms with Crippen molar-refractivity contribution in [3.63, 3.8) is 0 Å². The summed E-state index contributed by atoms with van der Waals surface area (Å²) < 4.78 is 5.05. The number of nitrogens with one attached hydrogen (secondary N) is 1. The van der Waals surface area contributed by atoms with Crippen molar-refractivity contribution in [3.05, 3.63) is 46.1 Å². The van der Waals surface area contributed by atoms with Gasteiger partial charge >= 0.3 is 0 Å². The van der Waals surface area contributed by atoms with Gasteiger partial charge in [-0.05, 0) is 56.1 Å². The molecule has 1 amide bonds. The van der Waals surface area contributed by atoms with Gasteiger partial charge in [0.2, 0.25) is 0 Å². The molecule has 0 saturated carbocycles. The number of halogens is 1. The predicted molar refractivity (Wildman–Crippen MR) is 70.1 cm³/mol. The van der Waals surface area contributed by atoms with E-state index in [0.29, 0.717) is 5.69 Å². The maximum absolute atomic E-state index is 11.9. The Bertz CT molecular complexity index is 582. The topological polar surface area (TPSA) is 55.1 Å². The Morgan fingerprint density at radius 1 is 1.33 bits per heavy atom. The molecule has 2 aromatic heterocycles. The first-order chi connectivity index (χ1) is 8.47. The van der Waals surface area contributed by atoms with Crippen LogP contribution in [0, 0.1) is 20.8 Å². The molecule has 2 rings (SSSR count). The third-order valence-corrected chi connectivity index (χ3v) is 2.76. The summed E-state index contributed by atoms with van der Waals surface area (Å²) in [4.78, 5) is 16.2. The molecule has 0 saturated heterocycles. The fourth-order valence-electron chi connectivity index (χ4n) is 1.82. The van der Waals surface area contributed by atoms with E-state index in [2.05, 4.69) is 10.3 Å². The van der Waals surface area contributed by atoms with Gasteiger partial charge in [-0.1, -0.05) is 0 Å². The molecule has 0 fully saturated rings. The lowest BCUT2D eigenvalue weighted by Gasteiger charge is -2.10. The molecule has 5 heteroatoms. The van der Waals surface area contributed by atoms with Crippen molar-refractivity contribution >= 4 is 23.2 Å². The Hall–Kier alpha value is -1.81. The van der Waals surface area contributed by atoms with Crippen LogP contribution in [-0.4, -0.2) is 10.9 Å². The molecule has 0 bridgehead atoms. The van der Waals surface area contributed by atoms with E-state index in [1.807, 2.05) is 26.8 Å². The minimum Gasteiger partial charge on any atom is -0.440 e. The van der Waals surface area contributed by atoms with Gasteiger partial charge in [-0.25, -0.2) is 0 Å². The Morgan fingerprint density at radius 3 is 2.61 bits per heavy atom. The number of furan rings is 1. The molecule has 0 spiro atoms. The number of hydrogen-bond acceptors (Lipinski definition) is 3. The van der Waals surface area contributed by atoms with Crippen molar-refractivity contribution in [2.45, 2.75) is 20.8 Å². The van der Waals surface area contributed by atoms with Crippen LogP contribution >= 0.6 is 11.6 Å². The lowest BCUT2D eigenvalue weighted by molar-refractivity contribution is 0.0996. The first-order valence-electron chi connectivity index (χ1n) is 5.49. The molecule has 0 unspecified atom stereocenters. The SMILES string of the molecule is Cc1cc(C)c(NC(=O)c2ccc(Cl)o2)c(C)n1. The maximum atomic E-state index is 11.9.